The molecule has 7 saturated carbocycles. The van der Waals surface area contributed by atoms with E-state index in [-0.39, 0.29) is 65.4 Å². The number of carbonyl (C=O) groups is 5. The number of esters is 4. The number of hydrogen-bond donors (Lipinski definition) is 3. The van der Waals surface area contributed by atoms with E-state index in [0.29, 0.717) is 97.4 Å². The lowest BCUT2D eigenvalue weighted by molar-refractivity contribution is -0.165. The highest BCUT2D eigenvalue weighted by Crippen LogP contribution is 2.69. The molecule has 7 aliphatic carbocycles. The normalized spacial score (nSPS) is 30.3. The summed E-state index contributed by atoms with van der Waals surface area (Å²) in [5, 5.41) is 12.1. The lowest BCUT2D eigenvalue weighted by Crippen LogP contribution is -2.54. The zero-order valence-corrected chi connectivity index (χ0v) is 66.0. The first-order chi connectivity index (χ1) is 50.8. The molecule has 19 atom stereocenters. The van der Waals surface area contributed by atoms with Gasteiger partial charge in [-0.2, -0.15) is 0 Å². The fourth-order valence-electron chi connectivity index (χ4n) is 22.7. The van der Waals surface area contributed by atoms with Crippen molar-refractivity contribution >= 4 is 51.8 Å². The summed E-state index contributed by atoms with van der Waals surface area (Å²) in [6.45, 7) is 24.2. The second-order valence-corrected chi connectivity index (χ2v) is 36.0. The fourth-order valence-corrected chi connectivity index (χ4v) is 22.7. The Hall–Kier alpha value is -7.13. The van der Waals surface area contributed by atoms with Crippen molar-refractivity contribution in [2.75, 3.05) is 33.9 Å². The van der Waals surface area contributed by atoms with Gasteiger partial charge >= 0.3 is 30.0 Å². The molecule has 4 aromatic carbocycles. The second-order valence-electron chi connectivity index (χ2n) is 36.0. The van der Waals surface area contributed by atoms with Crippen LogP contribution in [0.3, 0.4) is 0 Å². The molecular formula is C92H124N4O10. The highest BCUT2D eigenvalue weighted by atomic mass is 16.6. The third kappa shape index (κ3) is 17.8. The maximum Gasteiger partial charge on any atom is 0.407 e. The summed E-state index contributed by atoms with van der Waals surface area (Å²) < 4.78 is 31.0. The van der Waals surface area contributed by atoms with Crippen molar-refractivity contribution in [3.63, 3.8) is 0 Å². The summed E-state index contributed by atoms with van der Waals surface area (Å²) >= 11 is 0. The molecule has 8 unspecified atom stereocenters. The maximum absolute atomic E-state index is 14.5. The summed E-state index contributed by atoms with van der Waals surface area (Å²) in [5.74, 6) is 19.7. The fraction of sp³-hybridized carbons (Fsp3) is 0.641. The molecule has 12 rings (SSSR count). The standard InChI is InChI=1S/C92H124N4O10/c1-60(27-39-83(97)102-11)62(3)89(7)45-43-76-67(59-89)31-32-68-57-70(41-46-90(68,76)8)104-85(99)79(53-63-21-15-13-16-22-63)93-49-19-25-65-29-34-72-73-35-30-66(56-82(73)96(81(72)55-65)52-51-95-87(101)106-88(4,5)6)26-20-50-94-80(54-64-23-17-14-18-24-64)86(100)105-71-42-47-91(9)69(58-71)33-36-74-77-38-37-75(61(2)28-40-84(98)103-12)92(77,10)48-44-78(74)91/h13-18,21-24,29-30,34-35,55-56,60-62,67-71,74-80,93-94H,27-28,31-33,36-54,57-59H2,1-12H3,(H,95,101)/t60-,61-,62?,67+,68-,69-,70-,71-,74+,75?,76?,77+,78?,79+,80+,89?,90?,91?,92?/m1/s1. The summed E-state index contributed by atoms with van der Waals surface area (Å²) in [4.78, 5) is 66.2. The van der Waals surface area contributed by atoms with Gasteiger partial charge in [0.15, 0.2) is 0 Å². The molecule has 572 valence electrons. The first kappa shape index (κ1) is 78.5. The van der Waals surface area contributed by atoms with Crippen molar-refractivity contribution in [2.24, 2.45) is 86.8 Å². The van der Waals surface area contributed by atoms with E-state index < -0.39 is 23.8 Å². The number of aromatic nitrogens is 1. The molecule has 14 heteroatoms. The average molecular weight is 1450 g/mol. The number of benzene rings is 4. The molecule has 1 heterocycles. The van der Waals surface area contributed by atoms with E-state index in [4.69, 9.17) is 23.7 Å². The lowest BCUT2D eigenvalue weighted by Gasteiger charge is -2.61. The van der Waals surface area contributed by atoms with Crippen LogP contribution >= 0.6 is 0 Å². The highest BCUT2D eigenvalue weighted by molar-refractivity contribution is 6.08. The van der Waals surface area contributed by atoms with Crippen LogP contribution in [0, 0.1) is 110 Å². The molecule has 14 nitrogen and oxygen atoms in total. The molecule has 3 N–H and O–H groups in total. The van der Waals surface area contributed by atoms with Crippen LogP contribution in [0.15, 0.2) is 97.1 Å². The molecule has 1 amide bonds. The van der Waals surface area contributed by atoms with Gasteiger partial charge in [-0.15, -0.1) is 0 Å². The Labute approximate surface area is 633 Å². The van der Waals surface area contributed by atoms with Crippen LogP contribution < -0.4 is 16.0 Å². The third-order valence-corrected chi connectivity index (χ3v) is 28.8. The van der Waals surface area contributed by atoms with Crippen LogP contribution in [0.5, 0.6) is 0 Å². The van der Waals surface area contributed by atoms with Gasteiger partial charge in [0.05, 0.1) is 38.3 Å². The summed E-state index contributed by atoms with van der Waals surface area (Å²) in [5.41, 5.74) is 6.09. The number of alkyl carbamates (subject to hydrolysis) is 1. The number of fused-ring (bicyclic) bond motifs is 11. The summed E-state index contributed by atoms with van der Waals surface area (Å²) in [6.07, 6.45) is 22.5. The third-order valence-electron chi connectivity index (χ3n) is 28.8. The van der Waals surface area contributed by atoms with Crippen LogP contribution in [-0.2, 0) is 62.2 Å². The van der Waals surface area contributed by atoms with Crippen molar-refractivity contribution < 1.29 is 47.7 Å². The number of amides is 1. The zero-order chi connectivity index (χ0) is 75.1. The van der Waals surface area contributed by atoms with Crippen LogP contribution in [0.25, 0.3) is 21.8 Å². The van der Waals surface area contributed by atoms with E-state index >= 15 is 0 Å². The van der Waals surface area contributed by atoms with Gasteiger partial charge in [0, 0.05) is 47.8 Å². The van der Waals surface area contributed by atoms with Gasteiger partial charge in [-0.25, -0.2) is 4.79 Å². The molecule has 106 heavy (non-hydrogen) atoms. The minimum absolute atomic E-state index is 0.0965. The zero-order valence-electron chi connectivity index (χ0n) is 66.0. The largest absolute Gasteiger partial charge is 0.469 e. The molecule has 0 saturated heterocycles. The van der Waals surface area contributed by atoms with Crippen molar-refractivity contribution in [2.45, 2.75) is 253 Å². The van der Waals surface area contributed by atoms with Gasteiger partial charge in [-0.1, -0.05) is 145 Å². The summed E-state index contributed by atoms with van der Waals surface area (Å²) in [6, 6.07) is 31.7. The Kier molecular flexibility index (Phi) is 25.0. The molecule has 5 aromatic rings. The Morgan fingerprint density at radius 3 is 1.63 bits per heavy atom. The van der Waals surface area contributed by atoms with E-state index in [1.165, 1.54) is 84.8 Å². The van der Waals surface area contributed by atoms with Gasteiger partial charge in [-0.05, 0) is 278 Å². The number of nitrogens with one attached hydrogen (secondary N) is 3. The molecule has 0 bridgehead atoms. The quantitative estimate of drug-likeness (QED) is 0.0304. The van der Waals surface area contributed by atoms with E-state index in [9.17, 15) is 24.0 Å². The van der Waals surface area contributed by atoms with Gasteiger partial charge in [0.1, 0.15) is 29.9 Å². The van der Waals surface area contributed by atoms with E-state index in [2.05, 4.69) is 141 Å². The lowest BCUT2D eigenvalue weighted by atomic mass is 9.44. The van der Waals surface area contributed by atoms with Gasteiger partial charge in [-0.3, -0.25) is 29.8 Å². The van der Waals surface area contributed by atoms with E-state index in [0.717, 1.165) is 107 Å². The minimum atomic E-state index is -0.648. The Bertz CT molecular complexity index is 4030. The second kappa shape index (κ2) is 33.8. The predicted octanol–water partition coefficient (Wildman–Crippen LogP) is 17.7. The van der Waals surface area contributed by atoms with Crippen LogP contribution in [0.2, 0.25) is 0 Å². The minimum Gasteiger partial charge on any atom is -0.469 e. The number of rotatable bonds is 24. The molecule has 0 aliphatic heterocycles. The topological polar surface area (TPSA) is 173 Å². The van der Waals surface area contributed by atoms with Crippen molar-refractivity contribution in [1.82, 2.24) is 20.5 Å². The molecule has 0 radical (unpaired) electrons. The predicted molar refractivity (Wildman–Crippen MR) is 420 cm³/mol. The van der Waals surface area contributed by atoms with Gasteiger partial charge in [0.25, 0.3) is 0 Å². The highest BCUT2D eigenvalue weighted by Gasteiger charge is 2.61. The number of ether oxygens (including phenoxy) is 5. The molecule has 7 fully saturated rings. The monoisotopic (exact) mass is 1440 g/mol. The smallest absolute Gasteiger partial charge is 0.407 e. The number of nitrogens with zero attached hydrogens (tertiary/aromatic N) is 1. The molecule has 1 aromatic heterocycles. The number of methoxy groups -OCH3 is 2. The average Bonchev–Trinajstić information content (AvgIpc) is 1.31. The SMILES string of the molecule is COC(=O)CC[C@@H](C)C(C)C1(C)CCC2[C@@H](CC[C@@H]3C[C@H](OC(=O)[C@H](Cc4ccccc4)NCC#Cc4ccc5c6ccc(C#CCN[C@@H](Cc7ccccc7)C(=O)O[C@@H]7CCC8(C)C9CCC%10(C)C([C@H](C)CCC(=O)OC)CC[C@H]%10[C@@H]9CC[C@@H]8C7)cc6n(CCNC(=O)OC(C)(C)C)c5c4)CCC23C)C1. The molecule has 7 aliphatic rings. The Morgan fingerprint density at radius 1 is 0.575 bits per heavy atom. The molecule has 0 spiro atoms. The maximum atomic E-state index is 14.5. The van der Waals surface area contributed by atoms with E-state index in [1.807, 2.05) is 69.3 Å². The summed E-state index contributed by atoms with van der Waals surface area (Å²) in [7, 11) is 2.98. The van der Waals surface area contributed by atoms with E-state index in [1.54, 1.807) is 0 Å². The first-order valence-electron chi connectivity index (χ1n) is 40.9. The van der Waals surface area contributed by atoms with Crippen LogP contribution in [-0.4, -0.2) is 98.3 Å². The van der Waals surface area contributed by atoms with Crippen LogP contribution in [0.4, 0.5) is 4.79 Å². The van der Waals surface area contributed by atoms with Gasteiger partial charge in [0.2, 0.25) is 0 Å². The van der Waals surface area contributed by atoms with Crippen molar-refractivity contribution in [3.8, 4) is 23.7 Å². The van der Waals surface area contributed by atoms with Crippen LogP contribution in [0.1, 0.15) is 226 Å². The first-order valence-corrected chi connectivity index (χ1v) is 40.9. The Morgan fingerprint density at radius 2 is 1.08 bits per heavy atom. The number of carbonyl (C=O) groups excluding carboxylic acids is 5. The van der Waals surface area contributed by atoms with Gasteiger partial charge < -0.3 is 33.6 Å². The molecular weight excluding hydrogens is 1320 g/mol. The Balaban J connectivity index is 0.690. The van der Waals surface area contributed by atoms with Crippen molar-refractivity contribution in [1.29, 1.82) is 0 Å². The number of hydrogen-bond acceptors (Lipinski definition) is 12. The van der Waals surface area contributed by atoms with Crippen molar-refractivity contribution in [3.05, 3.63) is 119 Å².